The molecule has 0 aliphatic heterocycles. The number of pyridine rings is 1. The van der Waals surface area contributed by atoms with Gasteiger partial charge in [0, 0.05) is 18.2 Å². The average Bonchev–Trinajstić information content (AvgIpc) is 2.60. The highest BCUT2D eigenvalue weighted by Gasteiger charge is 2.31. The number of carbonyl (C=O) groups excluding carboxylic acids is 1. The van der Waals surface area contributed by atoms with Crippen molar-refractivity contribution in [3.05, 3.63) is 59.3 Å². The smallest absolute Gasteiger partial charge is 0.417 e. The van der Waals surface area contributed by atoms with Gasteiger partial charge in [0.15, 0.2) is 5.78 Å². The fourth-order valence-electron chi connectivity index (χ4n) is 2.39. The fourth-order valence-corrected chi connectivity index (χ4v) is 3.27. The molecule has 0 bridgehead atoms. The molecule has 0 aliphatic carbocycles. The van der Waals surface area contributed by atoms with Crippen LogP contribution in [0.4, 0.5) is 13.2 Å². The number of carboxylic acid groups (broad SMARTS) is 1. The van der Waals surface area contributed by atoms with Crippen LogP contribution in [0.2, 0.25) is 0 Å². The molecule has 1 N–H and O–H groups in total. The molecule has 1 atom stereocenters. The quantitative estimate of drug-likeness (QED) is 0.522. The molecule has 28 heavy (non-hydrogen) atoms. The van der Waals surface area contributed by atoms with E-state index in [0.29, 0.717) is 11.8 Å². The Bertz CT molecular complexity index is 841. The molecule has 0 aliphatic rings. The summed E-state index contributed by atoms with van der Waals surface area (Å²) in [6, 6.07) is 8.90. The summed E-state index contributed by atoms with van der Waals surface area (Å²) in [5.74, 6) is -1.58. The zero-order valence-corrected chi connectivity index (χ0v) is 16.4. The number of halogens is 3. The summed E-state index contributed by atoms with van der Waals surface area (Å²) >= 11 is 0.748. The van der Waals surface area contributed by atoms with Crippen LogP contribution in [0.3, 0.4) is 0 Å². The van der Waals surface area contributed by atoms with Crippen LogP contribution in [0.1, 0.15) is 48.7 Å². The second-order valence-electron chi connectivity index (χ2n) is 7.28. The maximum absolute atomic E-state index is 12.6. The highest BCUT2D eigenvalue weighted by Crippen LogP contribution is 2.31. The van der Waals surface area contributed by atoms with Crippen LogP contribution in [0.5, 0.6) is 0 Å². The molecule has 1 unspecified atom stereocenters. The number of hydrogen-bond donors (Lipinski definition) is 1. The van der Waals surface area contributed by atoms with E-state index >= 15 is 0 Å². The van der Waals surface area contributed by atoms with Crippen LogP contribution in [0, 0.1) is 0 Å². The lowest BCUT2D eigenvalue weighted by Crippen LogP contribution is -2.21. The summed E-state index contributed by atoms with van der Waals surface area (Å²) in [6.45, 7) is 6.12. The first-order chi connectivity index (χ1) is 12.9. The summed E-state index contributed by atoms with van der Waals surface area (Å²) < 4.78 is 37.8. The van der Waals surface area contributed by atoms with Gasteiger partial charge in [0.1, 0.15) is 5.25 Å². The topological polar surface area (TPSA) is 67.3 Å². The Balaban J connectivity index is 2.10. The normalized spacial score (nSPS) is 13.2. The Morgan fingerprint density at radius 1 is 1.04 bits per heavy atom. The maximum atomic E-state index is 12.6. The lowest BCUT2D eigenvalue weighted by Gasteiger charge is -2.19. The third kappa shape index (κ3) is 5.82. The number of hydrogen-bond acceptors (Lipinski definition) is 4. The zero-order chi connectivity index (χ0) is 21.1. The van der Waals surface area contributed by atoms with Crippen molar-refractivity contribution >= 4 is 23.5 Å². The second-order valence-corrected chi connectivity index (χ2v) is 8.51. The molecule has 2 aromatic rings. The molecule has 150 valence electrons. The van der Waals surface area contributed by atoms with Crippen molar-refractivity contribution in [2.45, 2.75) is 49.1 Å². The van der Waals surface area contributed by atoms with Crippen molar-refractivity contribution in [1.29, 1.82) is 0 Å². The van der Waals surface area contributed by atoms with Crippen LogP contribution in [-0.4, -0.2) is 27.1 Å². The van der Waals surface area contributed by atoms with Gasteiger partial charge in [-0.3, -0.25) is 9.59 Å². The molecular formula is C20H20F3NO3S. The van der Waals surface area contributed by atoms with Gasteiger partial charge >= 0.3 is 12.1 Å². The highest BCUT2D eigenvalue weighted by atomic mass is 32.2. The van der Waals surface area contributed by atoms with Crippen molar-refractivity contribution < 1.29 is 27.9 Å². The van der Waals surface area contributed by atoms with Crippen LogP contribution in [-0.2, 0) is 16.4 Å². The number of rotatable bonds is 6. The number of aromatic nitrogens is 1. The van der Waals surface area contributed by atoms with Crippen molar-refractivity contribution in [3.8, 4) is 0 Å². The molecule has 0 fully saturated rings. The minimum Gasteiger partial charge on any atom is -0.480 e. The van der Waals surface area contributed by atoms with E-state index in [-0.39, 0.29) is 22.6 Å². The number of alkyl halides is 3. The fraction of sp³-hybridized carbons (Fsp3) is 0.350. The molecular weight excluding hydrogens is 391 g/mol. The summed E-state index contributed by atoms with van der Waals surface area (Å²) in [6.07, 6.45) is -4.16. The summed E-state index contributed by atoms with van der Waals surface area (Å²) in [5, 5.41) is 8.34. The molecule has 0 spiro atoms. The standard InChI is InChI=1S/C20H20F3NO3S/c1-19(2,3)13-6-4-12(5-7-13)15(25)10-16(18(26)27)28-17-9-8-14(11-24-17)20(21,22)23/h4-9,11,16H,10H2,1-3H3,(H,26,27). The van der Waals surface area contributed by atoms with E-state index < -0.39 is 23.0 Å². The third-order valence-electron chi connectivity index (χ3n) is 4.05. The average molecular weight is 411 g/mol. The van der Waals surface area contributed by atoms with Crippen molar-refractivity contribution in [2.75, 3.05) is 0 Å². The molecule has 8 heteroatoms. The Hall–Kier alpha value is -2.35. The van der Waals surface area contributed by atoms with Gasteiger partial charge in [0.2, 0.25) is 0 Å². The van der Waals surface area contributed by atoms with Gasteiger partial charge in [-0.15, -0.1) is 0 Å². The zero-order valence-electron chi connectivity index (χ0n) is 15.6. The molecule has 1 aromatic heterocycles. The number of nitrogens with zero attached hydrogens (tertiary/aromatic N) is 1. The van der Waals surface area contributed by atoms with Gasteiger partial charge in [-0.25, -0.2) is 4.98 Å². The number of carbonyl (C=O) groups is 2. The Morgan fingerprint density at radius 2 is 1.61 bits per heavy atom. The van der Waals surface area contributed by atoms with Gasteiger partial charge in [0.05, 0.1) is 10.6 Å². The molecule has 0 saturated heterocycles. The number of carboxylic acids is 1. The van der Waals surface area contributed by atoms with Crippen molar-refractivity contribution in [2.24, 2.45) is 0 Å². The van der Waals surface area contributed by atoms with Gasteiger partial charge in [0.25, 0.3) is 0 Å². The Labute approximate surface area is 165 Å². The number of aliphatic carboxylic acids is 1. The minimum atomic E-state index is -4.52. The largest absolute Gasteiger partial charge is 0.480 e. The van der Waals surface area contributed by atoms with E-state index in [1.807, 2.05) is 32.9 Å². The van der Waals surface area contributed by atoms with E-state index in [1.54, 1.807) is 12.1 Å². The number of benzene rings is 1. The van der Waals surface area contributed by atoms with Crippen LogP contribution in [0.15, 0.2) is 47.6 Å². The van der Waals surface area contributed by atoms with E-state index in [4.69, 9.17) is 0 Å². The summed E-state index contributed by atoms with van der Waals surface area (Å²) in [4.78, 5) is 27.6. The molecule has 0 radical (unpaired) electrons. The highest BCUT2D eigenvalue weighted by molar-refractivity contribution is 8.00. The van der Waals surface area contributed by atoms with Crippen LogP contribution in [0.25, 0.3) is 0 Å². The molecule has 1 aromatic carbocycles. The van der Waals surface area contributed by atoms with Gasteiger partial charge in [-0.2, -0.15) is 13.2 Å². The Kier molecular flexibility index (Phi) is 6.54. The predicted octanol–water partition coefficient (Wildman–Crippen LogP) is 5.22. The maximum Gasteiger partial charge on any atom is 0.417 e. The molecule has 0 amide bonds. The predicted molar refractivity (Wildman–Crippen MR) is 101 cm³/mol. The first-order valence-corrected chi connectivity index (χ1v) is 9.32. The van der Waals surface area contributed by atoms with Crippen molar-refractivity contribution in [1.82, 2.24) is 4.98 Å². The number of ketones is 1. The van der Waals surface area contributed by atoms with E-state index in [9.17, 15) is 27.9 Å². The van der Waals surface area contributed by atoms with Crippen LogP contribution >= 0.6 is 11.8 Å². The monoisotopic (exact) mass is 411 g/mol. The lowest BCUT2D eigenvalue weighted by molar-refractivity contribution is -0.138. The minimum absolute atomic E-state index is 0.0741. The molecule has 1 heterocycles. The SMILES string of the molecule is CC(C)(C)c1ccc(C(=O)CC(Sc2ccc(C(F)(F)F)cn2)C(=O)O)cc1. The molecule has 4 nitrogen and oxygen atoms in total. The van der Waals surface area contributed by atoms with Gasteiger partial charge < -0.3 is 5.11 Å². The van der Waals surface area contributed by atoms with E-state index in [2.05, 4.69) is 4.98 Å². The van der Waals surface area contributed by atoms with Crippen LogP contribution < -0.4 is 0 Å². The van der Waals surface area contributed by atoms with Gasteiger partial charge in [-0.1, -0.05) is 56.8 Å². The Morgan fingerprint density at radius 3 is 2.04 bits per heavy atom. The van der Waals surface area contributed by atoms with E-state index in [1.165, 1.54) is 0 Å². The second kappa shape index (κ2) is 8.34. The third-order valence-corrected chi connectivity index (χ3v) is 5.18. The summed E-state index contributed by atoms with van der Waals surface area (Å²) in [7, 11) is 0. The first-order valence-electron chi connectivity index (χ1n) is 8.44. The number of Topliss-reactive ketones (excluding diaryl/α,β-unsaturated/α-hetero) is 1. The summed E-state index contributed by atoms with van der Waals surface area (Å²) in [5.41, 5.74) is 0.441. The first kappa shape index (κ1) is 21.9. The van der Waals surface area contributed by atoms with E-state index in [0.717, 1.165) is 29.5 Å². The van der Waals surface area contributed by atoms with Gasteiger partial charge in [-0.05, 0) is 23.1 Å². The molecule has 0 saturated carbocycles. The lowest BCUT2D eigenvalue weighted by atomic mass is 9.86. The number of thioether (sulfide) groups is 1. The van der Waals surface area contributed by atoms with Crippen molar-refractivity contribution in [3.63, 3.8) is 0 Å². The molecule has 2 rings (SSSR count).